The predicted molar refractivity (Wildman–Crippen MR) is 73.3 cm³/mol. The minimum atomic E-state index is -0.557. The van der Waals surface area contributed by atoms with Crippen LogP contribution in [0.4, 0.5) is 15.9 Å². The Labute approximate surface area is 115 Å². The number of nitrogens with zero attached hydrogens (tertiary/aromatic N) is 3. The lowest BCUT2D eigenvalue weighted by atomic mass is 9.91. The topological polar surface area (TPSA) is 87.0 Å². The summed E-state index contributed by atoms with van der Waals surface area (Å²) in [6, 6.07) is 5.58. The summed E-state index contributed by atoms with van der Waals surface area (Å²) >= 11 is 0. The molecule has 2 rings (SSSR count). The molecule has 0 unspecified atom stereocenters. The van der Waals surface area contributed by atoms with Crippen LogP contribution >= 0.6 is 0 Å². The first kappa shape index (κ1) is 14.0. The number of nitrogen functional groups attached to an aromatic ring is 1. The molecule has 0 atom stereocenters. The van der Waals surface area contributed by atoms with Crippen molar-refractivity contribution in [3.63, 3.8) is 0 Å². The molecule has 0 bridgehead atoms. The molecule has 2 aromatic rings. The average molecular weight is 278 g/mol. The van der Waals surface area contributed by atoms with Crippen LogP contribution in [-0.4, -0.2) is 14.7 Å². The molecule has 0 fully saturated rings. The summed E-state index contributed by atoms with van der Waals surface area (Å²) in [6.45, 7) is 5.41. The largest absolute Gasteiger partial charge is 0.378 e. The number of aromatic nitrogens is 2. The average Bonchev–Trinajstić information content (AvgIpc) is 2.66. The second-order valence-electron chi connectivity index (χ2n) is 5.48. The van der Waals surface area contributed by atoms with E-state index in [1.165, 1.54) is 22.9 Å². The fourth-order valence-corrected chi connectivity index (χ4v) is 1.91. The molecular weight excluding hydrogens is 263 g/mol. The van der Waals surface area contributed by atoms with Gasteiger partial charge in [-0.25, -0.2) is 9.07 Å². The van der Waals surface area contributed by atoms with Crippen molar-refractivity contribution in [2.75, 3.05) is 5.73 Å². The quantitative estimate of drug-likeness (QED) is 0.676. The van der Waals surface area contributed by atoms with E-state index >= 15 is 0 Å². The molecule has 7 heteroatoms. The van der Waals surface area contributed by atoms with Gasteiger partial charge in [0, 0.05) is 5.41 Å². The number of nitro groups is 1. The molecule has 0 radical (unpaired) electrons. The molecule has 1 aromatic heterocycles. The van der Waals surface area contributed by atoms with E-state index in [2.05, 4.69) is 5.10 Å². The zero-order chi connectivity index (χ0) is 15.1. The molecule has 20 heavy (non-hydrogen) atoms. The highest BCUT2D eigenvalue weighted by Crippen LogP contribution is 2.36. The Bertz CT molecular complexity index is 673. The van der Waals surface area contributed by atoms with E-state index in [9.17, 15) is 14.5 Å². The lowest BCUT2D eigenvalue weighted by molar-refractivity contribution is -0.385. The van der Waals surface area contributed by atoms with Crippen molar-refractivity contribution in [3.8, 4) is 5.69 Å². The molecule has 0 amide bonds. The maximum Gasteiger partial charge on any atom is 0.334 e. The van der Waals surface area contributed by atoms with Gasteiger partial charge in [-0.1, -0.05) is 26.8 Å². The minimum absolute atomic E-state index is 0.106. The Balaban J connectivity index is 2.71. The first-order valence-corrected chi connectivity index (χ1v) is 6.01. The van der Waals surface area contributed by atoms with Crippen molar-refractivity contribution in [2.45, 2.75) is 26.2 Å². The summed E-state index contributed by atoms with van der Waals surface area (Å²) in [7, 11) is 0. The molecule has 0 aliphatic rings. The summed E-state index contributed by atoms with van der Waals surface area (Å²) in [5, 5.41) is 15.4. The van der Waals surface area contributed by atoms with E-state index in [-0.39, 0.29) is 17.2 Å². The predicted octanol–water partition coefficient (Wildman–Crippen LogP) is 2.80. The van der Waals surface area contributed by atoms with E-state index in [0.717, 1.165) is 0 Å². The second kappa shape index (κ2) is 4.59. The zero-order valence-electron chi connectivity index (χ0n) is 11.4. The molecule has 0 aliphatic heterocycles. The number of benzene rings is 1. The Morgan fingerprint density at radius 3 is 2.50 bits per heavy atom. The van der Waals surface area contributed by atoms with Gasteiger partial charge in [-0.2, -0.15) is 5.10 Å². The number of nitrogens with two attached hydrogens (primary N) is 1. The fraction of sp³-hybridized carbons (Fsp3) is 0.308. The maximum absolute atomic E-state index is 13.3. The highest BCUT2D eigenvalue weighted by Gasteiger charge is 2.33. The summed E-state index contributed by atoms with van der Waals surface area (Å²) < 4.78 is 14.5. The molecule has 0 saturated carbocycles. The summed E-state index contributed by atoms with van der Waals surface area (Å²) in [5.41, 5.74) is 5.66. The number of anilines is 1. The highest BCUT2D eigenvalue weighted by atomic mass is 19.1. The van der Waals surface area contributed by atoms with Gasteiger partial charge in [-0.05, 0) is 18.2 Å². The van der Waals surface area contributed by atoms with Gasteiger partial charge in [0.1, 0.15) is 11.5 Å². The number of rotatable bonds is 2. The lowest BCUT2D eigenvalue weighted by Gasteiger charge is -2.13. The third-order valence-corrected chi connectivity index (χ3v) is 2.84. The lowest BCUT2D eigenvalue weighted by Crippen LogP contribution is -2.14. The molecule has 106 valence electrons. The number of halogens is 1. The molecule has 0 spiro atoms. The van der Waals surface area contributed by atoms with Crippen LogP contribution in [0.15, 0.2) is 24.3 Å². The SMILES string of the molecule is CC(C)(C)c1nn(-c2cccc(F)c2)c(N)c1[N+](=O)[O-]. The number of hydrogen-bond donors (Lipinski definition) is 1. The van der Waals surface area contributed by atoms with Crippen molar-refractivity contribution in [1.82, 2.24) is 9.78 Å². The van der Waals surface area contributed by atoms with Crippen LogP contribution < -0.4 is 5.73 Å². The van der Waals surface area contributed by atoms with Gasteiger partial charge in [0.15, 0.2) is 0 Å². The third-order valence-electron chi connectivity index (χ3n) is 2.84. The van der Waals surface area contributed by atoms with Crippen molar-refractivity contribution >= 4 is 11.5 Å². The maximum atomic E-state index is 13.3. The van der Waals surface area contributed by atoms with Gasteiger partial charge in [0.05, 0.1) is 10.6 Å². The van der Waals surface area contributed by atoms with Gasteiger partial charge >= 0.3 is 5.69 Å². The van der Waals surface area contributed by atoms with Crippen molar-refractivity contribution in [1.29, 1.82) is 0 Å². The molecule has 1 heterocycles. The van der Waals surface area contributed by atoms with Gasteiger partial charge < -0.3 is 5.73 Å². The van der Waals surface area contributed by atoms with E-state index in [4.69, 9.17) is 5.73 Å². The molecular formula is C13H15FN4O2. The Morgan fingerprint density at radius 1 is 1.40 bits per heavy atom. The van der Waals surface area contributed by atoms with Gasteiger partial charge in [0.2, 0.25) is 5.82 Å². The zero-order valence-corrected chi connectivity index (χ0v) is 11.4. The monoisotopic (exact) mass is 278 g/mol. The van der Waals surface area contributed by atoms with Crippen molar-refractivity contribution in [2.24, 2.45) is 0 Å². The smallest absolute Gasteiger partial charge is 0.334 e. The molecule has 0 saturated heterocycles. The van der Waals surface area contributed by atoms with Crippen LogP contribution in [-0.2, 0) is 5.41 Å². The van der Waals surface area contributed by atoms with Gasteiger partial charge in [-0.3, -0.25) is 10.1 Å². The Hall–Kier alpha value is -2.44. The van der Waals surface area contributed by atoms with E-state index in [1.54, 1.807) is 26.8 Å². The normalized spacial score (nSPS) is 11.6. The summed E-state index contributed by atoms with van der Waals surface area (Å²) in [4.78, 5) is 10.6. The van der Waals surface area contributed by atoms with Crippen LogP contribution in [0.3, 0.4) is 0 Å². The Morgan fingerprint density at radius 2 is 2.05 bits per heavy atom. The van der Waals surface area contributed by atoms with Crippen molar-refractivity contribution < 1.29 is 9.31 Å². The van der Waals surface area contributed by atoms with Gasteiger partial charge in [0.25, 0.3) is 0 Å². The fourth-order valence-electron chi connectivity index (χ4n) is 1.91. The van der Waals surface area contributed by atoms with E-state index < -0.39 is 16.2 Å². The van der Waals surface area contributed by atoms with Gasteiger partial charge in [-0.15, -0.1) is 0 Å². The minimum Gasteiger partial charge on any atom is -0.378 e. The Kier molecular flexibility index (Phi) is 3.21. The van der Waals surface area contributed by atoms with Crippen LogP contribution in [0.1, 0.15) is 26.5 Å². The molecule has 1 aromatic carbocycles. The van der Waals surface area contributed by atoms with E-state index in [1.807, 2.05) is 0 Å². The molecule has 2 N–H and O–H groups in total. The van der Waals surface area contributed by atoms with Crippen molar-refractivity contribution in [3.05, 3.63) is 45.9 Å². The highest BCUT2D eigenvalue weighted by molar-refractivity contribution is 5.61. The first-order chi connectivity index (χ1) is 9.21. The third kappa shape index (κ3) is 2.34. The van der Waals surface area contributed by atoms with Crippen LogP contribution in [0.2, 0.25) is 0 Å². The standard InChI is InChI=1S/C13H15FN4O2/c1-13(2,3)11-10(18(19)20)12(15)17(16-11)9-6-4-5-8(14)7-9/h4-7H,15H2,1-3H3. The molecule has 0 aliphatic carbocycles. The number of hydrogen-bond acceptors (Lipinski definition) is 4. The summed E-state index contributed by atoms with van der Waals surface area (Å²) in [5.74, 6) is -0.567. The van der Waals surface area contributed by atoms with Crippen LogP contribution in [0, 0.1) is 15.9 Å². The molecule has 6 nitrogen and oxygen atoms in total. The first-order valence-electron chi connectivity index (χ1n) is 6.01. The van der Waals surface area contributed by atoms with Crippen LogP contribution in [0.25, 0.3) is 5.69 Å². The van der Waals surface area contributed by atoms with Crippen LogP contribution in [0.5, 0.6) is 0 Å². The second-order valence-corrected chi connectivity index (χ2v) is 5.48. The summed E-state index contributed by atoms with van der Waals surface area (Å²) in [6.07, 6.45) is 0. The van der Waals surface area contributed by atoms with E-state index in [0.29, 0.717) is 5.69 Å².